The maximum Gasteiger partial charge on any atom is 0.429 e. The van der Waals surface area contributed by atoms with Gasteiger partial charge in [-0.15, -0.1) is 0 Å². The van der Waals surface area contributed by atoms with E-state index in [4.69, 9.17) is 11.6 Å². The maximum absolute atomic E-state index is 12.5. The smallest absolute Gasteiger partial charge is 0.294 e. The van der Waals surface area contributed by atoms with E-state index in [0.29, 0.717) is 5.56 Å². The molecule has 2 nitrogen and oxygen atoms in total. The fourth-order valence-electron chi connectivity index (χ4n) is 1.66. The number of alkyl halides is 3. The molecule has 0 aliphatic carbocycles. The van der Waals surface area contributed by atoms with E-state index in [1.54, 1.807) is 6.92 Å². The molecule has 1 aromatic rings. The molecule has 0 saturated carbocycles. The van der Waals surface area contributed by atoms with Gasteiger partial charge in [0.2, 0.25) is 0 Å². The van der Waals surface area contributed by atoms with E-state index in [2.05, 4.69) is 4.99 Å². The van der Waals surface area contributed by atoms with Gasteiger partial charge in [0, 0.05) is 0 Å². The van der Waals surface area contributed by atoms with Crippen molar-refractivity contribution in [1.29, 1.82) is 0 Å². The number of carbonyl (C=O) groups excluding carboxylic acids is 1. The quantitative estimate of drug-likeness (QED) is 0.697. The molecule has 90 valence electrons. The van der Waals surface area contributed by atoms with Crippen molar-refractivity contribution < 1.29 is 18.0 Å². The summed E-state index contributed by atoms with van der Waals surface area (Å²) in [5.41, 5.74) is -0.458. The number of benzene rings is 1. The average molecular weight is 262 g/mol. The van der Waals surface area contributed by atoms with Crippen LogP contribution in [0, 0.1) is 6.92 Å². The van der Waals surface area contributed by atoms with Crippen molar-refractivity contribution in [3.05, 3.63) is 28.3 Å². The van der Waals surface area contributed by atoms with Crippen LogP contribution in [0.15, 0.2) is 17.1 Å². The second-order valence-electron chi connectivity index (χ2n) is 3.74. The summed E-state index contributed by atoms with van der Waals surface area (Å²) in [5.74, 6) is -0.643. The molecular formula is C11H7ClF3NO. The van der Waals surface area contributed by atoms with E-state index in [1.165, 1.54) is 12.1 Å². The van der Waals surface area contributed by atoms with Crippen LogP contribution in [0.25, 0.3) is 0 Å². The highest BCUT2D eigenvalue weighted by atomic mass is 35.5. The Labute approximate surface area is 100 Å². The third-order valence-corrected chi connectivity index (χ3v) is 2.82. The monoisotopic (exact) mass is 261 g/mol. The summed E-state index contributed by atoms with van der Waals surface area (Å²) in [6, 6.07) is 3.03. The summed E-state index contributed by atoms with van der Waals surface area (Å²) in [7, 11) is 0. The first-order chi connectivity index (χ1) is 7.80. The van der Waals surface area contributed by atoms with E-state index in [9.17, 15) is 18.0 Å². The normalized spacial score (nSPS) is 15.6. The molecule has 0 radical (unpaired) electrons. The molecule has 0 atom stereocenters. The van der Waals surface area contributed by atoms with Crippen LogP contribution < -0.4 is 0 Å². The Kier molecular flexibility index (Phi) is 2.73. The van der Waals surface area contributed by atoms with Gasteiger partial charge in [-0.05, 0) is 18.6 Å². The molecule has 1 aliphatic rings. The van der Waals surface area contributed by atoms with Gasteiger partial charge in [0.25, 0.3) is 0 Å². The number of hydrogen-bond donors (Lipinski definition) is 0. The number of halogens is 4. The average Bonchev–Trinajstić information content (AvgIpc) is 2.21. The van der Waals surface area contributed by atoms with Crippen molar-refractivity contribution in [2.24, 2.45) is 4.99 Å². The fourth-order valence-corrected chi connectivity index (χ4v) is 1.92. The highest BCUT2D eigenvalue weighted by Crippen LogP contribution is 2.37. The highest BCUT2D eigenvalue weighted by molar-refractivity contribution is 6.36. The summed E-state index contributed by atoms with van der Waals surface area (Å²) in [6.07, 6.45) is -5.33. The van der Waals surface area contributed by atoms with Crippen molar-refractivity contribution >= 4 is 28.8 Å². The van der Waals surface area contributed by atoms with E-state index < -0.39 is 24.1 Å². The second-order valence-corrected chi connectivity index (χ2v) is 4.15. The molecule has 1 aromatic carbocycles. The van der Waals surface area contributed by atoms with E-state index in [-0.39, 0.29) is 16.3 Å². The largest absolute Gasteiger partial charge is 0.429 e. The zero-order chi connectivity index (χ0) is 12.8. The van der Waals surface area contributed by atoms with Gasteiger partial charge in [0.15, 0.2) is 5.78 Å². The Morgan fingerprint density at radius 2 is 2.00 bits per heavy atom. The first-order valence-corrected chi connectivity index (χ1v) is 5.15. The Hall–Kier alpha value is -1.36. The fraction of sp³-hybridized carbons (Fsp3) is 0.273. The number of carbonyl (C=O) groups is 1. The number of aryl methyl sites for hydroxylation is 1. The zero-order valence-electron chi connectivity index (χ0n) is 8.73. The van der Waals surface area contributed by atoms with Gasteiger partial charge in [-0.3, -0.25) is 4.79 Å². The minimum absolute atomic E-state index is 0.0288. The van der Waals surface area contributed by atoms with Crippen LogP contribution in [0.5, 0.6) is 0 Å². The van der Waals surface area contributed by atoms with Crippen LogP contribution in [0.3, 0.4) is 0 Å². The number of rotatable bonds is 0. The first kappa shape index (κ1) is 12.1. The van der Waals surface area contributed by atoms with Crippen molar-refractivity contribution in [1.82, 2.24) is 0 Å². The molecule has 0 N–H and O–H groups in total. The lowest BCUT2D eigenvalue weighted by atomic mass is 9.97. The van der Waals surface area contributed by atoms with Gasteiger partial charge in [-0.1, -0.05) is 17.7 Å². The van der Waals surface area contributed by atoms with Crippen LogP contribution in [0.2, 0.25) is 5.02 Å². The lowest BCUT2D eigenvalue weighted by Gasteiger charge is -2.18. The molecule has 0 saturated heterocycles. The van der Waals surface area contributed by atoms with Crippen LogP contribution in [0.4, 0.5) is 18.9 Å². The van der Waals surface area contributed by atoms with Gasteiger partial charge in [-0.2, -0.15) is 13.2 Å². The second kappa shape index (κ2) is 3.84. The summed E-state index contributed by atoms with van der Waals surface area (Å²) in [5, 5.41) is 0.139. The Morgan fingerprint density at radius 3 is 2.59 bits per heavy atom. The SMILES string of the molecule is Cc1ccc(Cl)c2c1N=C(C(F)(F)F)CC2=O. The van der Waals surface area contributed by atoms with Crippen LogP contribution in [-0.2, 0) is 0 Å². The van der Waals surface area contributed by atoms with Crippen LogP contribution in [-0.4, -0.2) is 17.7 Å². The molecule has 0 fully saturated rings. The molecule has 0 spiro atoms. The number of Topliss-reactive ketones (excluding diaryl/α,β-unsaturated/α-hetero) is 1. The standard InChI is InChI=1S/C11H7ClF3NO/c1-5-2-3-6(12)9-7(17)4-8(11(13,14)15)16-10(5)9/h2-3H,4H2,1H3. The molecular weight excluding hydrogens is 255 g/mol. The maximum atomic E-state index is 12.5. The minimum Gasteiger partial charge on any atom is -0.294 e. The molecule has 2 rings (SSSR count). The molecule has 1 aliphatic heterocycles. The summed E-state index contributed by atoms with van der Waals surface area (Å²) >= 11 is 5.80. The summed E-state index contributed by atoms with van der Waals surface area (Å²) in [6.45, 7) is 1.59. The van der Waals surface area contributed by atoms with Gasteiger partial charge < -0.3 is 0 Å². The topological polar surface area (TPSA) is 29.4 Å². The number of fused-ring (bicyclic) bond motifs is 1. The van der Waals surface area contributed by atoms with E-state index in [0.717, 1.165) is 0 Å². The van der Waals surface area contributed by atoms with E-state index in [1.807, 2.05) is 0 Å². The zero-order valence-corrected chi connectivity index (χ0v) is 9.49. The predicted octanol–water partition coefficient (Wildman–Crippen LogP) is 3.87. The summed E-state index contributed by atoms with van der Waals surface area (Å²) in [4.78, 5) is 15.2. The molecule has 0 amide bonds. The van der Waals surface area contributed by atoms with Gasteiger partial charge >= 0.3 is 6.18 Å². The lowest BCUT2D eigenvalue weighted by molar-refractivity contribution is -0.0602. The van der Waals surface area contributed by atoms with Crippen molar-refractivity contribution in [2.75, 3.05) is 0 Å². The van der Waals surface area contributed by atoms with Crippen LogP contribution >= 0.6 is 11.6 Å². The number of hydrogen-bond acceptors (Lipinski definition) is 2. The molecule has 1 heterocycles. The molecule has 6 heteroatoms. The van der Waals surface area contributed by atoms with Gasteiger partial charge in [0.05, 0.1) is 22.7 Å². The molecule has 0 bridgehead atoms. The van der Waals surface area contributed by atoms with E-state index >= 15 is 0 Å². The van der Waals surface area contributed by atoms with Gasteiger partial charge in [0.1, 0.15) is 5.71 Å². The lowest BCUT2D eigenvalue weighted by Crippen LogP contribution is -2.28. The van der Waals surface area contributed by atoms with Crippen molar-refractivity contribution in [2.45, 2.75) is 19.5 Å². The number of aliphatic imine (C=N–C) groups is 1. The molecule has 17 heavy (non-hydrogen) atoms. The molecule has 0 aromatic heterocycles. The minimum atomic E-state index is -4.58. The van der Waals surface area contributed by atoms with Crippen molar-refractivity contribution in [3.63, 3.8) is 0 Å². The Balaban J connectivity index is 2.67. The predicted molar refractivity (Wildman–Crippen MR) is 58.3 cm³/mol. The van der Waals surface area contributed by atoms with Crippen molar-refractivity contribution in [3.8, 4) is 0 Å². The van der Waals surface area contributed by atoms with Gasteiger partial charge in [-0.25, -0.2) is 4.99 Å². The Bertz CT molecular complexity index is 534. The third kappa shape index (κ3) is 2.07. The van der Waals surface area contributed by atoms with Crippen LogP contribution in [0.1, 0.15) is 22.3 Å². The number of ketones is 1. The third-order valence-electron chi connectivity index (χ3n) is 2.51. The molecule has 0 unspecified atom stereocenters. The summed E-state index contributed by atoms with van der Waals surface area (Å²) < 4.78 is 37.6. The number of nitrogens with zero attached hydrogens (tertiary/aromatic N) is 1. The first-order valence-electron chi connectivity index (χ1n) is 4.78. The Morgan fingerprint density at radius 1 is 1.35 bits per heavy atom. The highest BCUT2D eigenvalue weighted by Gasteiger charge is 2.40.